The molecule has 0 bridgehead atoms. The lowest BCUT2D eigenvalue weighted by atomic mass is 9.73. The molecule has 0 radical (unpaired) electrons. The van der Waals surface area contributed by atoms with Crippen molar-refractivity contribution in [1.82, 2.24) is 5.43 Å². The number of hydrogen-bond acceptors (Lipinski definition) is 2. The van der Waals surface area contributed by atoms with Crippen LogP contribution in [0.5, 0.6) is 0 Å². The highest BCUT2D eigenvalue weighted by molar-refractivity contribution is 4.93. The highest BCUT2D eigenvalue weighted by Gasteiger charge is 2.39. The molecule has 0 aromatic heterocycles. The summed E-state index contributed by atoms with van der Waals surface area (Å²) in [6.07, 6.45) is 10.7. The predicted molar refractivity (Wildman–Crippen MR) is 71.0 cm³/mol. The number of hydrazine groups is 1. The van der Waals surface area contributed by atoms with E-state index in [4.69, 9.17) is 5.84 Å². The summed E-state index contributed by atoms with van der Waals surface area (Å²) in [5, 5.41) is 0. The Morgan fingerprint density at radius 1 is 1.25 bits per heavy atom. The van der Waals surface area contributed by atoms with E-state index in [2.05, 4.69) is 26.2 Å². The Bertz CT molecular complexity index is 185. The molecular weight excluding hydrogens is 196 g/mol. The summed E-state index contributed by atoms with van der Waals surface area (Å²) in [5.41, 5.74) is 3.62. The van der Waals surface area contributed by atoms with Gasteiger partial charge in [-0.2, -0.15) is 0 Å². The first kappa shape index (κ1) is 14.0. The molecular formula is C14H30N2. The second-order valence-corrected chi connectivity index (χ2v) is 5.77. The fraction of sp³-hybridized carbons (Fsp3) is 1.00. The molecule has 0 heterocycles. The Morgan fingerprint density at radius 2 is 1.88 bits per heavy atom. The topological polar surface area (TPSA) is 38.0 Å². The van der Waals surface area contributed by atoms with Gasteiger partial charge >= 0.3 is 0 Å². The van der Waals surface area contributed by atoms with Crippen LogP contribution in [0.2, 0.25) is 0 Å². The Balaban J connectivity index is 2.57. The van der Waals surface area contributed by atoms with Crippen LogP contribution >= 0.6 is 0 Å². The van der Waals surface area contributed by atoms with E-state index in [0.29, 0.717) is 11.5 Å². The Morgan fingerprint density at radius 3 is 2.31 bits per heavy atom. The number of nitrogens with one attached hydrogen (secondary N) is 1. The summed E-state index contributed by atoms with van der Waals surface area (Å²) in [5.74, 6) is 6.61. The fourth-order valence-electron chi connectivity index (χ4n) is 3.54. The minimum Gasteiger partial charge on any atom is -0.271 e. The van der Waals surface area contributed by atoms with Crippen LogP contribution in [-0.4, -0.2) is 6.04 Å². The van der Waals surface area contributed by atoms with Gasteiger partial charge in [0.15, 0.2) is 0 Å². The summed E-state index contributed by atoms with van der Waals surface area (Å²) in [7, 11) is 0. The van der Waals surface area contributed by atoms with Gasteiger partial charge in [-0.25, -0.2) is 0 Å². The first-order valence-electron chi connectivity index (χ1n) is 7.14. The lowest BCUT2D eigenvalue weighted by Crippen LogP contribution is -2.48. The summed E-state index contributed by atoms with van der Waals surface area (Å²) >= 11 is 0. The molecule has 1 saturated carbocycles. The number of rotatable bonds is 7. The largest absolute Gasteiger partial charge is 0.271 e. The molecule has 0 aromatic carbocycles. The molecule has 2 unspecified atom stereocenters. The molecule has 3 N–H and O–H groups in total. The standard InChI is InChI=1S/C14H30N2/c1-4-8-12(3)11-13(16-15)14(5-2)9-6-7-10-14/h12-13,16H,4-11,15H2,1-3H3. The highest BCUT2D eigenvalue weighted by Crippen LogP contribution is 2.45. The van der Waals surface area contributed by atoms with Gasteiger partial charge in [0.05, 0.1) is 0 Å². The minimum atomic E-state index is 0.497. The number of nitrogens with two attached hydrogens (primary N) is 1. The van der Waals surface area contributed by atoms with Crippen molar-refractivity contribution in [3.63, 3.8) is 0 Å². The van der Waals surface area contributed by atoms with Crippen molar-refractivity contribution in [3.8, 4) is 0 Å². The molecule has 0 amide bonds. The van der Waals surface area contributed by atoms with Gasteiger partial charge in [-0.15, -0.1) is 0 Å². The van der Waals surface area contributed by atoms with Gasteiger partial charge in [-0.3, -0.25) is 11.3 Å². The zero-order chi connectivity index (χ0) is 12.0. The van der Waals surface area contributed by atoms with Gasteiger partial charge in [0.1, 0.15) is 0 Å². The lowest BCUT2D eigenvalue weighted by molar-refractivity contribution is 0.159. The Labute approximate surface area is 101 Å². The van der Waals surface area contributed by atoms with Crippen molar-refractivity contribution in [3.05, 3.63) is 0 Å². The van der Waals surface area contributed by atoms with Crippen molar-refractivity contribution in [1.29, 1.82) is 0 Å². The lowest BCUT2D eigenvalue weighted by Gasteiger charge is -2.38. The number of hydrogen-bond donors (Lipinski definition) is 2. The molecule has 0 spiro atoms. The molecule has 1 fully saturated rings. The van der Waals surface area contributed by atoms with Crippen LogP contribution in [0.1, 0.15) is 72.1 Å². The van der Waals surface area contributed by atoms with Crippen LogP contribution in [-0.2, 0) is 0 Å². The molecule has 2 nitrogen and oxygen atoms in total. The second-order valence-electron chi connectivity index (χ2n) is 5.77. The average molecular weight is 226 g/mol. The Kier molecular flexibility index (Phi) is 5.77. The zero-order valence-corrected chi connectivity index (χ0v) is 11.4. The van der Waals surface area contributed by atoms with Crippen molar-refractivity contribution in [2.45, 2.75) is 78.2 Å². The summed E-state index contributed by atoms with van der Waals surface area (Å²) < 4.78 is 0. The maximum Gasteiger partial charge on any atom is 0.0269 e. The molecule has 2 heteroatoms. The third-order valence-electron chi connectivity index (χ3n) is 4.66. The van der Waals surface area contributed by atoms with Crippen LogP contribution in [0.3, 0.4) is 0 Å². The smallest absolute Gasteiger partial charge is 0.0269 e. The summed E-state index contributed by atoms with van der Waals surface area (Å²) in [6.45, 7) is 6.97. The van der Waals surface area contributed by atoms with E-state index in [1.165, 1.54) is 51.4 Å². The molecule has 16 heavy (non-hydrogen) atoms. The monoisotopic (exact) mass is 226 g/mol. The van der Waals surface area contributed by atoms with E-state index in [9.17, 15) is 0 Å². The summed E-state index contributed by atoms with van der Waals surface area (Å²) in [6, 6.07) is 0.529. The quantitative estimate of drug-likeness (QED) is 0.514. The van der Waals surface area contributed by atoms with Crippen molar-refractivity contribution < 1.29 is 0 Å². The van der Waals surface area contributed by atoms with Gasteiger partial charge in [0, 0.05) is 6.04 Å². The van der Waals surface area contributed by atoms with E-state index < -0.39 is 0 Å². The van der Waals surface area contributed by atoms with Crippen LogP contribution in [0, 0.1) is 11.3 Å². The van der Waals surface area contributed by atoms with Gasteiger partial charge in [-0.1, -0.05) is 46.5 Å². The fourth-order valence-corrected chi connectivity index (χ4v) is 3.54. The normalized spacial score (nSPS) is 23.2. The molecule has 0 saturated heterocycles. The van der Waals surface area contributed by atoms with Gasteiger partial charge in [0.2, 0.25) is 0 Å². The van der Waals surface area contributed by atoms with E-state index in [0.717, 1.165) is 5.92 Å². The molecule has 1 aliphatic rings. The maximum atomic E-state index is 5.81. The SMILES string of the molecule is CCCC(C)CC(NN)C1(CC)CCCC1. The van der Waals surface area contributed by atoms with Gasteiger partial charge < -0.3 is 0 Å². The molecule has 0 aromatic rings. The van der Waals surface area contributed by atoms with E-state index in [1.54, 1.807) is 0 Å². The molecule has 1 rings (SSSR count). The third-order valence-corrected chi connectivity index (χ3v) is 4.66. The zero-order valence-electron chi connectivity index (χ0n) is 11.4. The van der Waals surface area contributed by atoms with Crippen LogP contribution in [0.25, 0.3) is 0 Å². The van der Waals surface area contributed by atoms with E-state index in [-0.39, 0.29) is 0 Å². The molecule has 0 aliphatic heterocycles. The minimum absolute atomic E-state index is 0.497. The molecule has 2 atom stereocenters. The molecule has 96 valence electrons. The van der Waals surface area contributed by atoms with Crippen LogP contribution < -0.4 is 11.3 Å². The van der Waals surface area contributed by atoms with Crippen LogP contribution in [0.15, 0.2) is 0 Å². The maximum absolute atomic E-state index is 5.81. The second kappa shape index (κ2) is 6.61. The third kappa shape index (κ3) is 3.21. The first-order chi connectivity index (χ1) is 7.68. The average Bonchev–Trinajstić information content (AvgIpc) is 2.76. The van der Waals surface area contributed by atoms with Gasteiger partial charge in [0.25, 0.3) is 0 Å². The van der Waals surface area contributed by atoms with Crippen molar-refractivity contribution in [2.24, 2.45) is 17.2 Å². The van der Waals surface area contributed by atoms with Crippen LogP contribution in [0.4, 0.5) is 0 Å². The molecule has 1 aliphatic carbocycles. The predicted octanol–water partition coefficient (Wildman–Crippen LogP) is 3.62. The Hall–Kier alpha value is -0.0800. The van der Waals surface area contributed by atoms with E-state index >= 15 is 0 Å². The van der Waals surface area contributed by atoms with Crippen molar-refractivity contribution >= 4 is 0 Å². The van der Waals surface area contributed by atoms with E-state index in [1.807, 2.05) is 0 Å². The highest BCUT2D eigenvalue weighted by atomic mass is 15.2. The van der Waals surface area contributed by atoms with Crippen molar-refractivity contribution in [2.75, 3.05) is 0 Å². The van der Waals surface area contributed by atoms with Gasteiger partial charge in [-0.05, 0) is 37.0 Å². The first-order valence-corrected chi connectivity index (χ1v) is 7.14. The summed E-state index contributed by atoms with van der Waals surface area (Å²) in [4.78, 5) is 0.